The smallest absolute Gasteiger partial charge is 0.320 e. The SMILES string of the molecule is CC(C)(C)c1cc(C(S)C(=O)O)cc(C(C)(C)C)c1O. The van der Waals surface area contributed by atoms with E-state index in [1.165, 1.54) is 0 Å². The standard InChI is InChI=1S/C16H24O3S/c1-15(2,3)10-7-9(13(20)14(18)19)8-11(12(10)17)16(4,5)6/h7-8,13,17,20H,1-6H3,(H,18,19). The monoisotopic (exact) mass is 296 g/mol. The van der Waals surface area contributed by atoms with Crippen LogP contribution in [0, 0.1) is 0 Å². The van der Waals surface area contributed by atoms with Gasteiger partial charge < -0.3 is 10.2 Å². The Morgan fingerprint density at radius 3 is 1.65 bits per heavy atom. The Morgan fingerprint density at radius 2 is 1.40 bits per heavy atom. The second kappa shape index (κ2) is 5.32. The quantitative estimate of drug-likeness (QED) is 0.722. The minimum atomic E-state index is -0.987. The van der Waals surface area contributed by atoms with Crippen LogP contribution in [0.25, 0.3) is 0 Å². The Morgan fingerprint density at radius 1 is 1.05 bits per heavy atom. The zero-order valence-electron chi connectivity index (χ0n) is 13.0. The molecule has 0 saturated carbocycles. The molecule has 3 nitrogen and oxygen atoms in total. The third-order valence-corrected chi connectivity index (χ3v) is 3.82. The fourth-order valence-electron chi connectivity index (χ4n) is 2.10. The van der Waals surface area contributed by atoms with Gasteiger partial charge >= 0.3 is 5.97 Å². The first-order valence-corrected chi connectivity index (χ1v) is 7.16. The summed E-state index contributed by atoms with van der Waals surface area (Å²) in [7, 11) is 0. The largest absolute Gasteiger partial charge is 0.507 e. The lowest BCUT2D eigenvalue weighted by molar-refractivity contribution is -0.136. The number of rotatable bonds is 2. The zero-order chi connectivity index (χ0) is 15.9. The maximum absolute atomic E-state index is 11.2. The Kier molecular flexibility index (Phi) is 4.49. The Labute approximate surface area is 126 Å². The molecule has 4 heteroatoms. The highest BCUT2D eigenvalue weighted by molar-refractivity contribution is 7.81. The first-order valence-electron chi connectivity index (χ1n) is 6.64. The van der Waals surface area contributed by atoms with E-state index in [9.17, 15) is 9.90 Å². The van der Waals surface area contributed by atoms with Crippen molar-refractivity contribution in [2.24, 2.45) is 0 Å². The molecule has 112 valence electrons. The van der Waals surface area contributed by atoms with Crippen LogP contribution in [0.4, 0.5) is 0 Å². The Bertz CT molecular complexity index is 486. The van der Waals surface area contributed by atoms with Crippen LogP contribution in [0.15, 0.2) is 12.1 Å². The highest BCUT2D eigenvalue weighted by atomic mass is 32.1. The number of phenolic OH excluding ortho intramolecular Hbond substituents is 1. The van der Waals surface area contributed by atoms with Crippen molar-refractivity contribution in [2.45, 2.75) is 57.6 Å². The minimum absolute atomic E-state index is 0.250. The van der Waals surface area contributed by atoms with Crippen molar-refractivity contribution >= 4 is 18.6 Å². The first-order chi connectivity index (χ1) is 8.85. The lowest BCUT2D eigenvalue weighted by Gasteiger charge is -2.28. The molecule has 0 aliphatic heterocycles. The predicted molar refractivity (Wildman–Crippen MR) is 84.9 cm³/mol. The molecule has 2 N–H and O–H groups in total. The fraction of sp³-hybridized carbons (Fsp3) is 0.562. The van der Waals surface area contributed by atoms with E-state index in [2.05, 4.69) is 12.6 Å². The van der Waals surface area contributed by atoms with Gasteiger partial charge in [0, 0.05) is 0 Å². The van der Waals surface area contributed by atoms with Crippen molar-refractivity contribution in [3.05, 3.63) is 28.8 Å². The number of benzene rings is 1. The van der Waals surface area contributed by atoms with Crippen molar-refractivity contribution in [3.63, 3.8) is 0 Å². The molecule has 0 amide bonds. The number of hydrogen-bond acceptors (Lipinski definition) is 3. The molecule has 1 unspecified atom stereocenters. The normalized spacial score (nSPS) is 14.2. The van der Waals surface area contributed by atoms with Gasteiger partial charge in [-0.15, -0.1) is 0 Å². The van der Waals surface area contributed by atoms with E-state index in [-0.39, 0.29) is 16.6 Å². The van der Waals surface area contributed by atoms with E-state index in [0.29, 0.717) is 5.56 Å². The second-order valence-electron chi connectivity index (χ2n) is 7.21. The van der Waals surface area contributed by atoms with Crippen LogP contribution < -0.4 is 0 Å². The molecular formula is C16H24O3S. The number of carboxylic acid groups (broad SMARTS) is 1. The van der Waals surface area contributed by atoms with Gasteiger partial charge in [-0.3, -0.25) is 4.79 Å². The fourth-order valence-corrected chi connectivity index (χ4v) is 2.25. The summed E-state index contributed by atoms with van der Waals surface area (Å²) < 4.78 is 0. The van der Waals surface area contributed by atoms with Gasteiger partial charge in [0.1, 0.15) is 11.0 Å². The lowest BCUT2D eigenvalue weighted by Crippen LogP contribution is -2.19. The van der Waals surface area contributed by atoms with Gasteiger partial charge in [0.25, 0.3) is 0 Å². The third-order valence-electron chi connectivity index (χ3n) is 3.30. The van der Waals surface area contributed by atoms with Crippen LogP contribution in [-0.4, -0.2) is 16.2 Å². The van der Waals surface area contributed by atoms with Crippen molar-refractivity contribution < 1.29 is 15.0 Å². The van der Waals surface area contributed by atoms with E-state index < -0.39 is 11.2 Å². The van der Waals surface area contributed by atoms with Crippen molar-refractivity contribution in [1.82, 2.24) is 0 Å². The number of aromatic hydroxyl groups is 1. The molecule has 1 aromatic rings. The summed E-state index contributed by atoms with van der Waals surface area (Å²) >= 11 is 4.15. The molecule has 1 aromatic carbocycles. The molecule has 0 aliphatic carbocycles. The number of phenols is 1. The zero-order valence-corrected chi connectivity index (χ0v) is 13.9. The molecule has 0 spiro atoms. The topological polar surface area (TPSA) is 57.5 Å². The summed E-state index contributed by atoms with van der Waals surface area (Å²) in [6.45, 7) is 12.0. The third kappa shape index (κ3) is 3.48. The van der Waals surface area contributed by atoms with Gasteiger partial charge in [-0.2, -0.15) is 12.6 Å². The minimum Gasteiger partial charge on any atom is -0.507 e. The first kappa shape index (κ1) is 16.9. The molecular weight excluding hydrogens is 272 g/mol. The maximum Gasteiger partial charge on any atom is 0.320 e. The summed E-state index contributed by atoms with van der Waals surface area (Å²) in [6, 6.07) is 3.49. The highest BCUT2D eigenvalue weighted by Gasteiger charge is 2.28. The average Bonchev–Trinajstić information content (AvgIpc) is 2.24. The molecule has 0 fully saturated rings. The molecule has 0 aromatic heterocycles. The lowest BCUT2D eigenvalue weighted by atomic mass is 9.78. The van der Waals surface area contributed by atoms with E-state index in [1.807, 2.05) is 41.5 Å². The van der Waals surface area contributed by atoms with Crippen LogP contribution in [0.5, 0.6) is 5.75 Å². The molecule has 20 heavy (non-hydrogen) atoms. The molecule has 1 atom stereocenters. The van der Waals surface area contributed by atoms with Crippen molar-refractivity contribution in [1.29, 1.82) is 0 Å². The molecule has 0 bridgehead atoms. The van der Waals surface area contributed by atoms with E-state index in [0.717, 1.165) is 11.1 Å². The Balaban J connectivity index is 3.63. The van der Waals surface area contributed by atoms with Gasteiger partial charge in [0.15, 0.2) is 0 Å². The number of carbonyl (C=O) groups is 1. The van der Waals surface area contributed by atoms with E-state index >= 15 is 0 Å². The van der Waals surface area contributed by atoms with Crippen molar-refractivity contribution in [3.8, 4) is 5.75 Å². The molecule has 1 rings (SSSR count). The number of carboxylic acids is 1. The maximum atomic E-state index is 11.2. The molecule has 0 saturated heterocycles. The summed E-state index contributed by atoms with van der Waals surface area (Å²) in [6.07, 6.45) is 0. The number of thiol groups is 1. The van der Waals surface area contributed by atoms with Crippen molar-refractivity contribution in [2.75, 3.05) is 0 Å². The predicted octanol–water partition coefficient (Wildman–Crippen LogP) is 4.04. The number of aliphatic carboxylic acids is 1. The van der Waals surface area contributed by atoms with Crippen LogP contribution in [0.3, 0.4) is 0 Å². The van der Waals surface area contributed by atoms with Crippen LogP contribution in [0.2, 0.25) is 0 Å². The van der Waals surface area contributed by atoms with Crippen LogP contribution in [-0.2, 0) is 15.6 Å². The van der Waals surface area contributed by atoms with Crippen LogP contribution in [0.1, 0.15) is 63.5 Å². The molecule has 0 radical (unpaired) electrons. The van der Waals surface area contributed by atoms with Crippen LogP contribution >= 0.6 is 12.6 Å². The number of hydrogen-bond donors (Lipinski definition) is 3. The molecule has 0 heterocycles. The van der Waals surface area contributed by atoms with Gasteiger partial charge in [0.2, 0.25) is 0 Å². The van der Waals surface area contributed by atoms with E-state index in [4.69, 9.17) is 5.11 Å². The molecule has 0 aliphatic rings. The van der Waals surface area contributed by atoms with Gasteiger partial charge in [0.05, 0.1) is 0 Å². The highest BCUT2D eigenvalue weighted by Crippen LogP contribution is 2.41. The van der Waals surface area contributed by atoms with Gasteiger partial charge in [-0.25, -0.2) is 0 Å². The summed E-state index contributed by atoms with van der Waals surface area (Å²) in [4.78, 5) is 11.2. The van der Waals surface area contributed by atoms with Gasteiger partial charge in [-0.1, -0.05) is 41.5 Å². The van der Waals surface area contributed by atoms with E-state index in [1.54, 1.807) is 12.1 Å². The second-order valence-corrected chi connectivity index (χ2v) is 7.72. The summed E-state index contributed by atoms with van der Waals surface area (Å²) in [5.74, 6) is -0.738. The average molecular weight is 296 g/mol. The van der Waals surface area contributed by atoms with Gasteiger partial charge in [-0.05, 0) is 39.7 Å². The summed E-state index contributed by atoms with van der Waals surface area (Å²) in [5, 5.41) is 18.8. The summed E-state index contributed by atoms with van der Waals surface area (Å²) in [5.41, 5.74) is 1.56. The Hall–Kier alpha value is -1.16.